The molecule has 1 amide bonds. The summed E-state index contributed by atoms with van der Waals surface area (Å²) in [5.41, 5.74) is 0.0699. The van der Waals surface area contributed by atoms with Crippen molar-refractivity contribution in [3.63, 3.8) is 0 Å². The summed E-state index contributed by atoms with van der Waals surface area (Å²) < 4.78 is 16.8. The molecule has 3 rings (SSSR count). The number of nitrogens with zero attached hydrogens (tertiary/aromatic N) is 1. The number of nitrogens with one attached hydrogen (secondary N) is 1. The Kier molecular flexibility index (Phi) is 7.10. The largest absolute Gasteiger partial charge is 0.492 e. The van der Waals surface area contributed by atoms with E-state index in [4.69, 9.17) is 14.2 Å². The number of carbonyl (C=O) groups excluding carboxylic acids is 1. The molecular weight excluding hydrogens is 344 g/mol. The summed E-state index contributed by atoms with van der Waals surface area (Å²) in [5.74, 6) is 1.28. The summed E-state index contributed by atoms with van der Waals surface area (Å²) in [4.78, 5) is 15.2. The van der Waals surface area contributed by atoms with Crippen LogP contribution in [0, 0.1) is 5.92 Å². The third-order valence-corrected chi connectivity index (χ3v) is 5.65. The summed E-state index contributed by atoms with van der Waals surface area (Å²) in [7, 11) is 1.64. The second-order valence-corrected chi connectivity index (χ2v) is 7.68. The Hall–Kier alpha value is -1.63. The fourth-order valence-electron chi connectivity index (χ4n) is 3.98. The number of hydrogen-bond acceptors (Lipinski definition) is 5. The number of amides is 1. The zero-order chi connectivity index (χ0) is 19.1. The van der Waals surface area contributed by atoms with Crippen LogP contribution >= 0.6 is 0 Å². The smallest absolute Gasteiger partial charge is 0.256 e. The van der Waals surface area contributed by atoms with Crippen LogP contribution in [0.15, 0.2) is 24.3 Å². The molecule has 0 radical (unpaired) electrons. The molecule has 1 aliphatic carbocycles. The molecule has 2 aliphatic rings. The SMILES string of the molecule is CO[C@@]1(C(=O)Nc2ccc(OCCN3CCOCC3)cc2)CCC[C@H](C)C1. The summed E-state index contributed by atoms with van der Waals surface area (Å²) in [6.45, 7) is 7.27. The Morgan fingerprint density at radius 1 is 1.30 bits per heavy atom. The highest BCUT2D eigenvalue weighted by Gasteiger charge is 2.41. The highest BCUT2D eigenvalue weighted by Crippen LogP contribution is 2.35. The third-order valence-electron chi connectivity index (χ3n) is 5.65. The van der Waals surface area contributed by atoms with Crippen LogP contribution in [0.3, 0.4) is 0 Å². The van der Waals surface area contributed by atoms with E-state index in [2.05, 4.69) is 17.1 Å². The van der Waals surface area contributed by atoms with Crippen LogP contribution in [-0.2, 0) is 14.3 Å². The van der Waals surface area contributed by atoms with Crippen molar-refractivity contribution in [3.05, 3.63) is 24.3 Å². The highest BCUT2D eigenvalue weighted by molar-refractivity contribution is 5.97. The van der Waals surface area contributed by atoms with E-state index < -0.39 is 5.60 Å². The molecule has 1 aliphatic heterocycles. The quantitative estimate of drug-likeness (QED) is 0.793. The van der Waals surface area contributed by atoms with Gasteiger partial charge in [0.15, 0.2) is 0 Å². The van der Waals surface area contributed by atoms with Gasteiger partial charge in [0.1, 0.15) is 18.0 Å². The highest BCUT2D eigenvalue weighted by atomic mass is 16.5. The van der Waals surface area contributed by atoms with Crippen molar-refractivity contribution in [1.82, 2.24) is 4.90 Å². The fourth-order valence-corrected chi connectivity index (χ4v) is 3.98. The molecular formula is C21H32N2O4. The molecule has 6 nitrogen and oxygen atoms in total. The third kappa shape index (κ3) is 5.43. The summed E-state index contributed by atoms with van der Waals surface area (Å²) in [5, 5.41) is 3.02. The first-order valence-corrected chi connectivity index (χ1v) is 10.0. The molecule has 27 heavy (non-hydrogen) atoms. The lowest BCUT2D eigenvalue weighted by molar-refractivity contribution is -0.143. The molecule has 0 bridgehead atoms. The molecule has 0 spiro atoms. The van der Waals surface area contributed by atoms with Gasteiger partial charge in [-0.1, -0.05) is 13.3 Å². The van der Waals surface area contributed by atoms with Gasteiger partial charge in [-0.2, -0.15) is 0 Å². The Bertz CT molecular complexity index is 601. The van der Waals surface area contributed by atoms with Crippen LogP contribution in [0.4, 0.5) is 5.69 Å². The molecule has 6 heteroatoms. The van der Waals surface area contributed by atoms with Crippen LogP contribution in [0.1, 0.15) is 32.6 Å². The zero-order valence-electron chi connectivity index (χ0n) is 16.5. The maximum Gasteiger partial charge on any atom is 0.256 e. The van der Waals surface area contributed by atoms with Crippen molar-refractivity contribution < 1.29 is 19.0 Å². The maximum atomic E-state index is 12.8. The standard InChI is InChI=1S/C21H32N2O4/c1-17-4-3-9-21(16-17,25-2)20(24)22-18-5-7-19(8-6-18)27-15-12-23-10-13-26-14-11-23/h5-8,17H,3-4,9-16H2,1-2H3,(H,22,24)/t17-,21-/m0/s1. The predicted octanol–water partition coefficient (Wildman–Crippen LogP) is 2.93. The van der Waals surface area contributed by atoms with Gasteiger partial charge in [-0.05, 0) is 49.4 Å². The van der Waals surface area contributed by atoms with E-state index in [0.29, 0.717) is 12.5 Å². The Morgan fingerprint density at radius 3 is 2.70 bits per heavy atom. The van der Waals surface area contributed by atoms with E-state index in [1.165, 1.54) is 0 Å². The topological polar surface area (TPSA) is 60.0 Å². The van der Waals surface area contributed by atoms with Crippen LogP contribution < -0.4 is 10.1 Å². The summed E-state index contributed by atoms with van der Waals surface area (Å²) in [6, 6.07) is 7.57. The van der Waals surface area contributed by atoms with E-state index in [0.717, 1.165) is 70.0 Å². The second-order valence-electron chi connectivity index (χ2n) is 7.68. The summed E-state index contributed by atoms with van der Waals surface area (Å²) in [6.07, 6.45) is 3.74. The minimum atomic E-state index is -0.703. The minimum Gasteiger partial charge on any atom is -0.492 e. The lowest BCUT2D eigenvalue weighted by atomic mass is 9.78. The number of methoxy groups -OCH3 is 1. The second kappa shape index (κ2) is 9.53. The molecule has 1 aromatic carbocycles. The van der Waals surface area contributed by atoms with Crippen molar-refractivity contribution in [2.24, 2.45) is 5.92 Å². The molecule has 0 unspecified atom stereocenters. The number of morpholine rings is 1. The average molecular weight is 376 g/mol. The van der Waals surface area contributed by atoms with Gasteiger partial charge in [0, 0.05) is 32.4 Å². The maximum absolute atomic E-state index is 12.8. The number of ether oxygens (including phenoxy) is 3. The fraction of sp³-hybridized carbons (Fsp3) is 0.667. The average Bonchev–Trinajstić information content (AvgIpc) is 2.70. The van der Waals surface area contributed by atoms with E-state index in [9.17, 15) is 4.79 Å². The van der Waals surface area contributed by atoms with Gasteiger partial charge < -0.3 is 19.5 Å². The van der Waals surface area contributed by atoms with Gasteiger partial charge in [0.05, 0.1) is 13.2 Å². The molecule has 2 atom stereocenters. The van der Waals surface area contributed by atoms with Crippen molar-refractivity contribution >= 4 is 11.6 Å². The number of rotatable bonds is 7. The van der Waals surface area contributed by atoms with Crippen LogP contribution in [0.5, 0.6) is 5.75 Å². The lowest BCUT2D eigenvalue weighted by Gasteiger charge is -2.37. The number of anilines is 1. The van der Waals surface area contributed by atoms with E-state index >= 15 is 0 Å². The molecule has 1 saturated heterocycles. The lowest BCUT2D eigenvalue weighted by Crippen LogP contribution is -2.47. The molecule has 0 aromatic heterocycles. The van der Waals surface area contributed by atoms with Crippen LogP contribution in [0.25, 0.3) is 0 Å². The monoisotopic (exact) mass is 376 g/mol. The molecule has 1 N–H and O–H groups in total. The Labute approximate surface area is 162 Å². The van der Waals surface area contributed by atoms with E-state index in [1.807, 2.05) is 24.3 Å². The number of carbonyl (C=O) groups is 1. The first-order valence-electron chi connectivity index (χ1n) is 10.0. The van der Waals surface area contributed by atoms with E-state index in [-0.39, 0.29) is 5.91 Å². The summed E-state index contributed by atoms with van der Waals surface area (Å²) >= 11 is 0. The molecule has 2 fully saturated rings. The van der Waals surface area contributed by atoms with Crippen molar-refractivity contribution in [1.29, 1.82) is 0 Å². The first kappa shape index (κ1) is 20.1. The van der Waals surface area contributed by atoms with Gasteiger partial charge in [-0.3, -0.25) is 9.69 Å². The normalized spacial score (nSPS) is 26.5. The molecule has 1 saturated carbocycles. The van der Waals surface area contributed by atoms with Crippen molar-refractivity contribution in [2.75, 3.05) is 51.9 Å². The van der Waals surface area contributed by atoms with Crippen molar-refractivity contribution in [2.45, 2.75) is 38.2 Å². The predicted molar refractivity (Wildman–Crippen MR) is 105 cm³/mol. The Morgan fingerprint density at radius 2 is 2.04 bits per heavy atom. The van der Waals surface area contributed by atoms with Gasteiger partial charge in [0.25, 0.3) is 5.91 Å². The first-order chi connectivity index (χ1) is 13.1. The number of hydrogen-bond donors (Lipinski definition) is 1. The van der Waals surface area contributed by atoms with Gasteiger partial charge >= 0.3 is 0 Å². The van der Waals surface area contributed by atoms with Crippen molar-refractivity contribution in [3.8, 4) is 5.75 Å². The van der Waals surface area contributed by atoms with Crippen LogP contribution in [0.2, 0.25) is 0 Å². The molecule has 1 heterocycles. The van der Waals surface area contributed by atoms with Crippen LogP contribution in [-0.4, -0.2) is 63.0 Å². The Balaban J connectivity index is 1.48. The van der Waals surface area contributed by atoms with Gasteiger partial charge in [-0.25, -0.2) is 0 Å². The van der Waals surface area contributed by atoms with E-state index in [1.54, 1.807) is 7.11 Å². The zero-order valence-corrected chi connectivity index (χ0v) is 16.5. The minimum absolute atomic E-state index is 0.0439. The van der Waals surface area contributed by atoms with Gasteiger partial charge in [0.2, 0.25) is 0 Å². The number of benzene rings is 1. The molecule has 150 valence electrons. The van der Waals surface area contributed by atoms with Gasteiger partial charge in [-0.15, -0.1) is 0 Å². The molecule has 1 aromatic rings.